The molecule has 0 aliphatic heterocycles. The molecule has 0 amide bonds. The third-order valence-electron chi connectivity index (χ3n) is 2.37. The van der Waals surface area contributed by atoms with Crippen molar-refractivity contribution in [2.24, 2.45) is 0 Å². The van der Waals surface area contributed by atoms with E-state index in [1.165, 1.54) is 12.1 Å². The molecule has 2 aromatic rings. The maximum absolute atomic E-state index is 11.9. The molecule has 2 heterocycles. The molecular weight excluding hydrogens is 284 g/mol. The van der Waals surface area contributed by atoms with E-state index in [4.69, 9.17) is 5.26 Å². The molecule has 0 unspecified atom stereocenters. The summed E-state index contributed by atoms with van der Waals surface area (Å²) in [5.74, 6) is 0. The molecule has 0 spiro atoms. The molecule has 0 fully saturated rings. The average Bonchev–Trinajstić information content (AvgIpc) is 3.05. The molecule has 0 aliphatic rings. The van der Waals surface area contributed by atoms with Gasteiger partial charge in [-0.3, -0.25) is 4.68 Å². The predicted octanol–water partition coefficient (Wildman–Crippen LogP) is 1.18. The molecular formula is C11H12N4O2S2. The minimum absolute atomic E-state index is 0.170. The summed E-state index contributed by atoms with van der Waals surface area (Å²) in [4.78, 5) is 0.386. The lowest BCUT2D eigenvalue weighted by Crippen LogP contribution is -2.24. The SMILES string of the molecule is N#Cc1ccc(S(=O)(=O)NCCCn2cccn2)s1. The Morgan fingerprint density at radius 3 is 2.95 bits per heavy atom. The van der Waals surface area contributed by atoms with Crippen molar-refractivity contribution < 1.29 is 8.42 Å². The Kier molecular flexibility index (Phi) is 4.31. The zero-order valence-electron chi connectivity index (χ0n) is 9.98. The number of hydrogen-bond acceptors (Lipinski definition) is 5. The van der Waals surface area contributed by atoms with E-state index < -0.39 is 10.0 Å². The topological polar surface area (TPSA) is 87.8 Å². The van der Waals surface area contributed by atoms with Crippen LogP contribution in [0, 0.1) is 11.3 Å². The number of hydrogen-bond donors (Lipinski definition) is 1. The fourth-order valence-electron chi connectivity index (χ4n) is 1.48. The summed E-state index contributed by atoms with van der Waals surface area (Å²) in [6.07, 6.45) is 4.16. The largest absolute Gasteiger partial charge is 0.273 e. The summed E-state index contributed by atoms with van der Waals surface area (Å²) < 4.78 is 28.2. The smallest absolute Gasteiger partial charge is 0.250 e. The number of nitrogens with one attached hydrogen (secondary N) is 1. The highest BCUT2D eigenvalue weighted by atomic mass is 32.2. The normalized spacial score (nSPS) is 11.3. The molecule has 0 bridgehead atoms. The molecule has 6 nitrogen and oxygen atoms in total. The van der Waals surface area contributed by atoms with Crippen LogP contribution in [0.25, 0.3) is 0 Å². The quantitative estimate of drug-likeness (QED) is 0.811. The van der Waals surface area contributed by atoms with Gasteiger partial charge in [-0.05, 0) is 24.6 Å². The Hall–Kier alpha value is -1.69. The molecule has 8 heteroatoms. The van der Waals surface area contributed by atoms with Crippen LogP contribution in [-0.2, 0) is 16.6 Å². The first-order valence-corrected chi connectivity index (χ1v) is 7.89. The van der Waals surface area contributed by atoms with Gasteiger partial charge in [0.2, 0.25) is 10.0 Å². The van der Waals surface area contributed by atoms with E-state index in [9.17, 15) is 8.42 Å². The first-order chi connectivity index (χ1) is 9.12. The Morgan fingerprint density at radius 1 is 1.47 bits per heavy atom. The van der Waals surface area contributed by atoms with E-state index >= 15 is 0 Å². The van der Waals surface area contributed by atoms with Gasteiger partial charge in [0.15, 0.2) is 0 Å². The molecule has 100 valence electrons. The maximum Gasteiger partial charge on any atom is 0.250 e. The van der Waals surface area contributed by atoms with Crippen molar-refractivity contribution in [3.8, 4) is 6.07 Å². The van der Waals surface area contributed by atoms with Crippen LogP contribution in [0.4, 0.5) is 0 Å². The molecule has 19 heavy (non-hydrogen) atoms. The van der Waals surface area contributed by atoms with Crippen LogP contribution in [0.15, 0.2) is 34.8 Å². The number of aromatic nitrogens is 2. The highest BCUT2D eigenvalue weighted by Gasteiger charge is 2.15. The molecule has 0 saturated carbocycles. The first kappa shape index (κ1) is 13.7. The monoisotopic (exact) mass is 296 g/mol. The third kappa shape index (κ3) is 3.64. The van der Waals surface area contributed by atoms with Crippen LogP contribution >= 0.6 is 11.3 Å². The second-order valence-corrected chi connectivity index (χ2v) is 6.83. The van der Waals surface area contributed by atoms with Gasteiger partial charge in [0, 0.05) is 25.5 Å². The van der Waals surface area contributed by atoms with Crippen molar-refractivity contribution in [2.45, 2.75) is 17.2 Å². The molecule has 0 aliphatic carbocycles. The van der Waals surface area contributed by atoms with Crippen LogP contribution < -0.4 is 4.72 Å². The van der Waals surface area contributed by atoms with Gasteiger partial charge in [-0.1, -0.05) is 0 Å². The van der Waals surface area contributed by atoms with Crippen LogP contribution in [0.5, 0.6) is 0 Å². The second-order valence-electron chi connectivity index (χ2n) is 3.75. The van der Waals surface area contributed by atoms with Crippen LogP contribution in [0.2, 0.25) is 0 Å². The van der Waals surface area contributed by atoms with Gasteiger partial charge in [0.1, 0.15) is 15.2 Å². The van der Waals surface area contributed by atoms with E-state index in [-0.39, 0.29) is 4.21 Å². The molecule has 0 aromatic carbocycles. The Labute approximate surface area is 115 Å². The van der Waals surface area contributed by atoms with E-state index in [0.29, 0.717) is 24.4 Å². The van der Waals surface area contributed by atoms with Crippen molar-refractivity contribution in [3.05, 3.63) is 35.5 Å². The number of aryl methyl sites for hydroxylation is 1. The third-order valence-corrected chi connectivity index (χ3v) is 5.31. The molecule has 0 atom stereocenters. The van der Waals surface area contributed by atoms with E-state index in [0.717, 1.165) is 11.3 Å². The van der Waals surface area contributed by atoms with Gasteiger partial charge < -0.3 is 0 Å². The standard InChI is InChI=1S/C11H12N4O2S2/c12-9-10-3-4-11(18-10)19(16,17)14-6-2-8-15-7-1-5-13-15/h1,3-5,7,14H,2,6,8H2. The maximum atomic E-state index is 11.9. The lowest BCUT2D eigenvalue weighted by Gasteiger charge is -2.04. The van der Waals surface area contributed by atoms with Gasteiger partial charge in [0.25, 0.3) is 0 Å². The van der Waals surface area contributed by atoms with Crippen molar-refractivity contribution in [1.82, 2.24) is 14.5 Å². The number of rotatable bonds is 6. The lowest BCUT2D eigenvalue weighted by atomic mass is 10.4. The van der Waals surface area contributed by atoms with E-state index in [1.54, 1.807) is 10.9 Å². The predicted molar refractivity (Wildman–Crippen MR) is 71.1 cm³/mol. The fourth-order valence-corrected chi connectivity index (χ4v) is 3.70. The Balaban J connectivity index is 1.86. The summed E-state index contributed by atoms with van der Waals surface area (Å²) in [5.41, 5.74) is 0. The summed E-state index contributed by atoms with van der Waals surface area (Å²) in [6.45, 7) is 0.991. The van der Waals surface area contributed by atoms with Crippen molar-refractivity contribution >= 4 is 21.4 Å². The molecule has 0 radical (unpaired) electrons. The first-order valence-electron chi connectivity index (χ1n) is 5.59. The summed E-state index contributed by atoms with van der Waals surface area (Å²) in [7, 11) is -3.50. The van der Waals surface area contributed by atoms with Crippen molar-refractivity contribution in [3.63, 3.8) is 0 Å². The summed E-state index contributed by atoms with van der Waals surface area (Å²) >= 11 is 0.966. The Morgan fingerprint density at radius 2 is 2.32 bits per heavy atom. The van der Waals surface area contributed by atoms with Crippen LogP contribution in [0.3, 0.4) is 0 Å². The zero-order chi connectivity index (χ0) is 13.7. The summed E-state index contributed by atoms with van der Waals surface area (Å²) in [6, 6.07) is 6.69. The minimum atomic E-state index is -3.50. The Bertz CT molecular complexity index is 668. The van der Waals surface area contributed by atoms with Gasteiger partial charge in [0.05, 0.1) is 0 Å². The van der Waals surface area contributed by atoms with Gasteiger partial charge in [-0.15, -0.1) is 11.3 Å². The van der Waals surface area contributed by atoms with E-state index in [1.807, 2.05) is 18.3 Å². The molecule has 0 saturated heterocycles. The van der Waals surface area contributed by atoms with Gasteiger partial charge >= 0.3 is 0 Å². The van der Waals surface area contributed by atoms with Crippen molar-refractivity contribution in [1.29, 1.82) is 5.26 Å². The van der Waals surface area contributed by atoms with Crippen LogP contribution in [0.1, 0.15) is 11.3 Å². The number of nitrogens with zero attached hydrogens (tertiary/aromatic N) is 3. The highest BCUT2D eigenvalue weighted by molar-refractivity contribution is 7.91. The van der Waals surface area contributed by atoms with Gasteiger partial charge in [-0.25, -0.2) is 13.1 Å². The molecule has 2 rings (SSSR count). The van der Waals surface area contributed by atoms with Crippen LogP contribution in [-0.4, -0.2) is 24.7 Å². The van der Waals surface area contributed by atoms with Gasteiger partial charge in [-0.2, -0.15) is 10.4 Å². The van der Waals surface area contributed by atoms with E-state index in [2.05, 4.69) is 9.82 Å². The average molecular weight is 296 g/mol. The number of nitriles is 1. The second kappa shape index (κ2) is 5.97. The highest BCUT2D eigenvalue weighted by Crippen LogP contribution is 2.20. The molecule has 1 N–H and O–H groups in total. The number of sulfonamides is 1. The molecule has 2 aromatic heterocycles. The fraction of sp³-hybridized carbons (Fsp3) is 0.273. The lowest BCUT2D eigenvalue weighted by molar-refractivity contribution is 0.554. The number of thiophene rings is 1. The van der Waals surface area contributed by atoms with Crippen molar-refractivity contribution in [2.75, 3.05) is 6.54 Å². The minimum Gasteiger partial charge on any atom is -0.273 e. The summed E-state index contributed by atoms with van der Waals surface area (Å²) in [5, 5.41) is 12.7. The zero-order valence-corrected chi connectivity index (χ0v) is 11.6.